The molecule has 0 aromatic rings. The van der Waals surface area contributed by atoms with Crippen molar-refractivity contribution >= 4 is 0 Å². The van der Waals surface area contributed by atoms with Crippen molar-refractivity contribution in [2.24, 2.45) is 0 Å². The third-order valence-corrected chi connectivity index (χ3v) is 0.303. The van der Waals surface area contributed by atoms with E-state index in [1.54, 1.807) is 6.92 Å². The van der Waals surface area contributed by atoms with Crippen LogP contribution >= 0.6 is 0 Å². The number of hydrogen-bond donors (Lipinski definition) is 1. The Kier molecular flexibility index (Phi) is 3.86. The van der Waals surface area contributed by atoms with Crippen molar-refractivity contribution in [3.63, 3.8) is 0 Å². The molecule has 7 heavy (non-hydrogen) atoms. The van der Waals surface area contributed by atoms with Gasteiger partial charge in [0, 0.05) is 0 Å². The molecule has 1 N–H and O–H groups in total. The molecule has 44 valence electrons. The van der Waals surface area contributed by atoms with Crippen molar-refractivity contribution in [3.05, 3.63) is 0 Å². The lowest BCUT2D eigenvalue weighted by atomic mass is 10.9. The zero-order valence-electron chi connectivity index (χ0n) is 3.83. The van der Waals surface area contributed by atoms with Crippen LogP contribution in [0.1, 0.15) is 6.92 Å². The molecule has 0 saturated carbocycles. The third-order valence-electron chi connectivity index (χ3n) is 0.303. The van der Waals surface area contributed by atoms with E-state index in [4.69, 9.17) is 10.5 Å². The molecule has 0 aliphatic heterocycles. The quantitative estimate of drug-likeness (QED) is 0.364. The highest BCUT2D eigenvalue weighted by Crippen LogP contribution is 1.76. The second kappa shape index (κ2) is 3.97. The fourth-order valence-corrected chi connectivity index (χ4v) is 0.132. The van der Waals surface area contributed by atoms with E-state index in [-0.39, 0.29) is 12.0 Å². The van der Waals surface area contributed by atoms with E-state index in [0.717, 1.165) is 0 Å². The maximum atomic E-state index is 9.07. The Morgan fingerprint density at radius 3 is 2.57 bits per heavy atom. The van der Waals surface area contributed by atoms with Gasteiger partial charge in [0.1, 0.15) is 0 Å². The molecular formula is C2H6NO4-. The molecule has 0 fully saturated rings. The molecule has 0 amide bonds. The molecule has 0 unspecified atom stereocenters. The SMILES string of the molecule is CCON(O)O[O-]. The van der Waals surface area contributed by atoms with E-state index in [2.05, 4.69) is 9.83 Å². The van der Waals surface area contributed by atoms with Crippen LogP contribution in [0.2, 0.25) is 0 Å². The van der Waals surface area contributed by atoms with Crippen LogP contribution in [0.25, 0.3) is 0 Å². The van der Waals surface area contributed by atoms with Crippen LogP contribution in [0.4, 0.5) is 0 Å². The highest BCUT2D eigenvalue weighted by molar-refractivity contribution is 3.93. The van der Waals surface area contributed by atoms with Crippen LogP contribution in [0, 0.1) is 0 Å². The molecule has 0 radical (unpaired) electrons. The van der Waals surface area contributed by atoms with Crippen molar-refractivity contribution in [3.8, 4) is 0 Å². The van der Waals surface area contributed by atoms with Crippen LogP contribution in [-0.4, -0.2) is 17.2 Å². The van der Waals surface area contributed by atoms with E-state index in [0.29, 0.717) is 0 Å². The molecule has 0 heterocycles. The van der Waals surface area contributed by atoms with Gasteiger partial charge in [-0.05, 0) is 6.92 Å². The van der Waals surface area contributed by atoms with Crippen LogP contribution in [0.5, 0.6) is 0 Å². The summed E-state index contributed by atoms with van der Waals surface area (Å²) in [5.41, 5.74) is 0. The van der Waals surface area contributed by atoms with E-state index in [9.17, 15) is 0 Å². The first-order valence-corrected chi connectivity index (χ1v) is 1.73. The zero-order chi connectivity index (χ0) is 5.70. The molecule has 0 rings (SSSR count). The second-order valence-electron chi connectivity index (χ2n) is 0.730. The van der Waals surface area contributed by atoms with Crippen molar-refractivity contribution in [1.29, 1.82) is 0 Å². The van der Waals surface area contributed by atoms with E-state index < -0.39 is 0 Å². The lowest BCUT2D eigenvalue weighted by Gasteiger charge is -2.13. The van der Waals surface area contributed by atoms with Crippen LogP contribution in [0.15, 0.2) is 0 Å². The third kappa shape index (κ3) is 3.64. The molecule has 0 aromatic heterocycles. The maximum absolute atomic E-state index is 9.07. The van der Waals surface area contributed by atoms with Gasteiger partial charge in [0.2, 0.25) is 0 Å². The molecule has 5 nitrogen and oxygen atoms in total. The maximum Gasteiger partial charge on any atom is 0.0707 e. The summed E-state index contributed by atoms with van der Waals surface area (Å²) in [5.74, 6) is 0. The van der Waals surface area contributed by atoms with Crippen LogP contribution in [0.3, 0.4) is 0 Å². The average Bonchev–Trinajstić information content (AvgIpc) is 1.68. The smallest absolute Gasteiger partial charge is 0.0707 e. The van der Waals surface area contributed by atoms with Gasteiger partial charge >= 0.3 is 0 Å². The minimum atomic E-state index is -0.250. The first-order chi connectivity index (χ1) is 3.31. The van der Waals surface area contributed by atoms with Gasteiger partial charge < -0.3 is 10.2 Å². The predicted octanol–water partition coefficient (Wildman–Crippen LogP) is -1.16. The summed E-state index contributed by atoms with van der Waals surface area (Å²) in [5, 5.41) is 16.8. The summed E-state index contributed by atoms with van der Waals surface area (Å²) in [6.07, 6.45) is 0. The van der Waals surface area contributed by atoms with Gasteiger partial charge in [0.15, 0.2) is 0 Å². The van der Waals surface area contributed by atoms with Gasteiger partial charge in [0.25, 0.3) is 0 Å². The lowest BCUT2D eigenvalue weighted by Crippen LogP contribution is -2.26. The fourth-order valence-electron chi connectivity index (χ4n) is 0.132. The van der Waals surface area contributed by atoms with E-state index >= 15 is 0 Å². The van der Waals surface area contributed by atoms with Gasteiger partial charge in [-0.25, -0.2) is 0 Å². The standard InChI is InChI=1S/C2H7NO4/c1-2-6-3(4)7-5/h4-5H,2H2,1H3/p-1. The Morgan fingerprint density at radius 2 is 2.43 bits per heavy atom. The van der Waals surface area contributed by atoms with Gasteiger partial charge in [-0.3, -0.25) is 10.0 Å². The molecule has 0 bridgehead atoms. The normalized spacial score (nSPS) is 10.3. The topological polar surface area (TPSA) is 65.0 Å². The molecule has 5 heteroatoms. The molecule has 0 aliphatic carbocycles. The largest absolute Gasteiger partial charge is 0.700 e. The summed E-state index contributed by atoms with van der Waals surface area (Å²) in [6, 6.07) is 0. The number of rotatable bonds is 3. The van der Waals surface area contributed by atoms with Crippen LogP contribution in [-0.2, 0) is 9.83 Å². The minimum absolute atomic E-state index is 0.193. The summed E-state index contributed by atoms with van der Waals surface area (Å²) in [7, 11) is 0. The van der Waals surface area contributed by atoms with Crippen molar-refractivity contribution in [2.75, 3.05) is 6.61 Å². The Hall–Kier alpha value is -0.200. The molecule has 0 spiro atoms. The van der Waals surface area contributed by atoms with Gasteiger partial charge in [-0.15, -0.1) is 0 Å². The second-order valence-corrected chi connectivity index (χ2v) is 0.730. The van der Waals surface area contributed by atoms with Gasteiger partial charge in [0.05, 0.1) is 12.0 Å². The number of hydrogen-bond acceptors (Lipinski definition) is 5. The van der Waals surface area contributed by atoms with E-state index in [1.807, 2.05) is 0 Å². The lowest BCUT2D eigenvalue weighted by molar-refractivity contribution is -0.824. The average molecular weight is 108 g/mol. The fraction of sp³-hybridized carbons (Fsp3) is 1.00. The first-order valence-electron chi connectivity index (χ1n) is 1.73. The Labute approximate surface area is 40.5 Å². The molecule has 0 atom stereocenters. The Morgan fingerprint density at radius 1 is 1.86 bits per heavy atom. The summed E-state index contributed by atoms with van der Waals surface area (Å²) < 4.78 is 0. The highest BCUT2D eigenvalue weighted by Gasteiger charge is 1.86. The van der Waals surface area contributed by atoms with Crippen molar-refractivity contribution in [2.45, 2.75) is 6.92 Å². The molecular weight excluding hydrogens is 102 g/mol. The predicted molar refractivity (Wildman–Crippen MR) is 16.3 cm³/mol. The Bertz CT molecular complexity index is 40.7. The van der Waals surface area contributed by atoms with Crippen molar-refractivity contribution in [1.82, 2.24) is 5.39 Å². The highest BCUT2D eigenvalue weighted by atomic mass is 17.3. The molecule has 0 saturated heterocycles. The van der Waals surface area contributed by atoms with Gasteiger partial charge in [-0.1, -0.05) is 0 Å². The molecule has 0 aliphatic rings. The number of nitrogens with zero attached hydrogens (tertiary/aromatic N) is 1. The summed E-state index contributed by atoms with van der Waals surface area (Å²) in [6.45, 7) is 1.79. The summed E-state index contributed by atoms with van der Waals surface area (Å²) >= 11 is 0. The Balaban J connectivity index is 2.83. The molecule has 0 aromatic carbocycles. The summed E-state index contributed by atoms with van der Waals surface area (Å²) in [4.78, 5) is 6.95. The zero-order valence-corrected chi connectivity index (χ0v) is 3.83. The van der Waals surface area contributed by atoms with Gasteiger partial charge in [-0.2, -0.15) is 0 Å². The first kappa shape index (κ1) is 6.80. The monoisotopic (exact) mass is 108 g/mol. The van der Waals surface area contributed by atoms with E-state index in [1.165, 1.54) is 0 Å². The van der Waals surface area contributed by atoms with Crippen LogP contribution < -0.4 is 5.26 Å². The van der Waals surface area contributed by atoms with Crippen molar-refractivity contribution < 1.29 is 20.3 Å². The minimum Gasteiger partial charge on any atom is -0.700 e.